The lowest BCUT2D eigenvalue weighted by atomic mass is 9.89. The molecule has 86 valence electrons. The lowest BCUT2D eigenvalue weighted by molar-refractivity contribution is 0.627. The molecule has 0 aromatic heterocycles. The highest BCUT2D eigenvalue weighted by Crippen LogP contribution is 2.26. The fourth-order valence-corrected chi connectivity index (χ4v) is 1.83. The second-order valence-corrected chi connectivity index (χ2v) is 3.81. The minimum atomic E-state index is -0.554. The third-order valence-corrected chi connectivity index (χ3v) is 2.72. The summed E-state index contributed by atoms with van der Waals surface area (Å²) in [6.07, 6.45) is 0. The van der Waals surface area contributed by atoms with Crippen LogP contribution in [-0.4, -0.2) is 0 Å². The molecule has 0 saturated heterocycles. The molecular formula is C15H9FN2. The zero-order chi connectivity index (χ0) is 13.0. The van der Waals surface area contributed by atoms with Crippen LogP contribution >= 0.6 is 0 Å². The Kier molecular flexibility index (Phi) is 3.36. The molecule has 1 atom stereocenters. The van der Waals surface area contributed by atoms with E-state index in [0.29, 0.717) is 16.7 Å². The van der Waals surface area contributed by atoms with Crippen LogP contribution in [0.3, 0.4) is 0 Å². The van der Waals surface area contributed by atoms with Crippen molar-refractivity contribution in [1.82, 2.24) is 0 Å². The van der Waals surface area contributed by atoms with E-state index in [0.717, 1.165) is 0 Å². The van der Waals surface area contributed by atoms with Crippen molar-refractivity contribution in [3.05, 3.63) is 71.0 Å². The van der Waals surface area contributed by atoms with E-state index in [2.05, 4.69) is 12.1 Å². The van der Waals surface area contributed by atoms with E-state index in [1.165, 1.54) is 12.1 Å². The highest BCUT2D eigenvalue weighted by Gasteiger charge is 2.16. The van der Waals surface area contributed by atoms with Crippen LogP contribution < -0.4 is 0 Å². The van der Waals surface area contributed by atoms with Crippen molar-refractivity contribution in [2.75, 3.05) is 0 Å². The second-order valence-electron chi connectivity index (χ2n) is 3.81. The largest absolute Gasteiger partial charge is 0.207 e. The second kappa shape index (κ2) is 5.12. The minimum Gasteiger partial charge on any atom is -0.207 e. The van der Waals surface area contributed by atoms with Gasteiger partial charge in [-0.05, 0) is 29.3 Å². The van der Waals surface area contributed by atoms with Gasteiger partial charge < -0.3 is 0 Å². The molecule has 0 bridgehead atoms. The van der Waals surface area contributed by atoms with E-state index in [9.17, 15) is 9.65 Å². The topological polar surface area (TPSA) is 47.6 Å². The molecule has 0 aliphatic rings. The number of nitrogens with zero attached hydrogens (tertiary/aromatic N) is 2. The molecule has 0 amide bonds. The van der Waals surface area contributed by atoms with Gasteiger partial charge in [-0.1, -0.05) is 30.3 Å². The third-order valence-electron chi connectivity index (χ3n) is 2.72. The molecular weight excluding hydrogens is 227 g/mol. The van der Waals surface area contributed by atoms with Gasteiger partial charge in [0.25, 0.3) is 0 Å². The number of halogens is 1. The molecule has 0 aliphatic carbocycles. The predicted octanol–water partition coefficient (Wildman–Crippen LogP) is 3.35. The van der Waals surface area contributed by atoms with E-state index in [1.807, 2.05) is 0 Å². The van der Waals surface area contributed by atoms with E-state index in [-0.39, 0.29) is 5.82 Å². The average molecular weight is 236 g/mol. The number of rotatable bonds is 2. The van der Waals surface area contributed by atoms with E-state index >= 15 is 0 Å². The van der Waals surface area contributed by atoms with Crippen molar-refractivity contribution >= 4 is 0 Å². The number of nitriles is 2. The SMILES string of the molecule is N#Cc1ccccc1[C@H](C#N)c1ccc(F)cc1. The quantitative estimate of drug-likeness (QED) is 0.802. The van der Waals surface area contributed by atoms with Crippen LogP contribution in [0.5, 0.6) is 0 Å². The summed E-state index contributed by atoms with van der Waals surface area (Å²) in [5.74, 6) is -0.898. The Morgan fingerprint density at radius 1 is 0.944 bits per heavy atom. The Morgan fingerprint density at radius 2 is 1.61 bits per heavy atom. The first-order valence-electron chi connectivity index (χ1n) is 5.40. The van der Waals surface area contributed by atoms with Crippen LogP contribution in [0, 0.1) is 28.5 Å². The number of hydrogen-bond donors (Lipinski definition) is 0. The molecule has 2 aromatic carbocycles. The van der Waals surface area contributed by atoms with E-state index in [4.69, 9.17) is 5.26 Å². The van der Waals surface area contributed by atoms with Crippen molar-refractivity contribution in [2.24, 2.45) is 0 Å². The van der Waals surface area contributed by atoms with Gasteiger partial charge in [-0.3, -0.25) is 0 Å². The molecule has 0 heterocycles. The van der Waals surface area contributed by atoms with E-state index in [1.54, 1.807) is 36.4 Å². The van der Waals surface area contributed by atoms with Crippen LogP contribution in [0.4, 0.5) is 4.39 Å². The molecule has 2 nitrogen and oxygen atoms in total. The normalized spacial score (nSPS) is 11.3. The Balaban J connectivity index is 2.50. The van der Waals surface area contributed by atoms with Crippen molar-refractivity contribution < 1.29 is 4.39 Å². The smallest absolute Gasteiger partial charge is 0.123 e. The Bertz CT molecular complexity index is 633. The fraction of sp³-hybridized carbons (Fsp3) is 0.0667. The summed E-state index contributed by atoms with van der Waals surface area (Å²) in [6, 6.07) is 16.9. The molecule has 0 radical (unpaired) electrons. The minimum absolute atomic E-state index is 0.344. The molecule has 18 heavy (non-hydrogen) atoms. The summed E-state index contributed by atoms with van der Waals surface area (Å²) >= 11 is 0. The van der Waals surface area contributed by atoms with Crippen LogP contribution in [-0.2, 0) is 0 Å². The van der Waals surface area contributed by atoms with Gasteiger partial charge in [-0.15, -0.1) is 0 Å². The third kappa shape index (κ3) is 2.21. The first-order chi connectivity index (χ1) is 8.76. The van der Waals surface area contributed by atoms with Crippen molar-refractivity contribution in [3.8, 4) is 12.1 Å². The summed E-state index contributed by atoms with van der Waals surface area (Å²) in [5, 5.41) is 18.3. The summed E-state index contributed by atoms with van der Waals surface area (Å²) in [6.45, 7) is 0. The number of benzene rings is 2. The maximum absolute atomic E-state index is 12.9. The Morgan fingerprint density at radius 3 is 2.22 bits per heavy atom. The van der Waals surface area contributed by atoms with Crippen LogP contribution in [0.15, 0.2) is 48.5 Å². The molecule has 3 heteroatoms. The lowest BCUT2D eigenvalue weighted by Gasteiger charge is -2.11. The first kappa shape index (κ1) is 11.8. The van der Waals surface area contributed by atoms with Gasteiger partial charge in [-0.25, -0.2) is 4.39 Å². The van der Waals surface area contributed by atoms with Crippen LogP contribution in [0.1, 0.15) is 22.6 Å². The van der Waals surface area contributed by atoms with Gasteiger partial charge in [0, 0.05) is 0 Å². The lowest BCUT2D eigenvalue weighted by Crippen LogP contribution is -2.01. The first-order valence-corrected chi connectivity index (χ1v) is 5.40. The predicted molar refractivity (Wildman–Crippen MR) is 65.0 cm³/mol. The van der Waals surface area contributed by atoms with Crippen molar-refractivity contribution in [1.29, 1.82) is 10.5 Å². The fourth-order valence-electron chi connectivity index (χ4n) is 1.83. The molecule has 0 fully saturated rings. The van der Waals surface area contributed by atoms with Crippen molar-refractivity contribution in [2.45, 2.75) is 5.92 Å². The maximum atomic E-state index is 12.9. The molecule has 0 spiro atoms. The highest BCUT2D eigenvalue weighted by atomic mass is 19.1. The molecule has 0 unspecified atom stereocenters. The van der Waals surface area contributed by atoms with Gasteiger partial charge in [0.2, 0.25) is 0 Å². The summed E-state index contributed by atoms with van der Waals surface area (Å²) in [7, 11) is 0. The van der Waals surface area contributed by atoms with Gasteiger partial charge in [0.1, 0.15) is 5.82 Å². The maximum Gasteiger partial charge on any atom is 0.123 e. The molecule has 0 aliphatic heterocycles. The van der Waals surface area contributed by atoms with Crippen LogP contribution in [0.2, 0.25) is 0 Å². The summed E-state index contributed by atoms with van der Waals surface area (Å²) in [5.41, 5.74) is 1.80. The molecule has 0 N–H and O–H groups in total. The number of hydrogen-bond acceptors (Lipinski definition) is 2. The van der Waals surface area contributed by atoms with Gasteiger partial charge in [-0.2, -0.15) is 10.5 Å². The summed E-state index contributed by atoms with van der Waals surface area (Å²) in [4.78, 5) is 0. The Labute approximate surface area is 105 Å². The van der Waals surface area contributed by atoms with Gasteiger partial charge >= 0.3 is 0 Å². The standard InChI is InChI=1S/C15H9FN2/c16-13-7-5-11(6-8-13)15(10-18)14-4-2-1-3-12(14)9-17/h1-8,15H/t15-/m1/s1. The van der Waals surface area contributed by atoms with Gasteiger partial charge in [0.05, 0.1) is 23.6 Å². The van der Waals surface area contributed by atoms with Crippen molar-refractivity contribution in [3.63, 3.8) is 0 Å². The molecule has 2 rings (SSSR count). The Hall–Kier alpha value is -2.65. The zero-order valence-electron chi connectivity index (χ0n) is 9.47. The average Bonchev–Trinajstić information content (AvgIpc) is 2.42. The van der Waals surface area contributed by atoms with Crippen LogP contribution in [0.25, 0.3) is 0 Å². The summed E-state index contributed by atoms with van der Waals surface area (Å²) < 4.78 is 12.9. The van der Waals surface area contributed by atoms with E-state index < -0.39 is 5.92 Å². The molecule has 0 saturated carbocycles. The van der Waals surface area contributed by atoms with Gasteiger partial charge in [0.15, 0.2) is 0 Å². The monoisotopic (exact) mass is 236 g/mol. The zero-order valence-corrected chi connectivity index (χ0v) is 9.47. The highest BCUT2D eigenvalue weighted by molar-refractivity contribution is 5.47. The molecule has 2 aromatic rings.